The number of ether oxygens (including phenoxy) is 2. The molecule has 136 valence electrons. The molecule has 0 aliphatic carbocycles. The molecule has 2 aromatic carbocycles. The van der Waals surface area contributed by atoms with E-state index in [4.69, 9.17) is 15.2 Å². The summed E-state index contributed by atoms with van der Waals surface area (Å²) in [7, 11) is 0. The van der Waals surface area contributed by atoms with Crippen molar-refractivity contribution >= 4 is 23.2 Å². The van der Waals surface area contributed by atoms with Crippen molar-refractivity contribution in [3.8, 4) is 11.5 Å². The van der Waals surface area contributed by atoms with Gasteiger partial charge in [0.15, 0.2) is 11.5 Å². The fourth-order valence-electron chi connectivity index (χ4n) is 2.54. The number of amides is 2. The van der Waals surface area contributed by atoms with E-state index in [0.29, 0.717) is 35.7 Å². The van der Waals surface area contributed by atoms with Crippen LogP contribution in [0.3, 0.4) is 0 Å². The van der Waals surface area contributed by atoms with Gasteiger partial charge in [0.05, 0.1) is 17.9 Å². The van der Waals surface area contributed by atoms with Gasteiger partial charge in [-0.3, -0.25) is 9.59 Å². The molecule has 0 atom stereocenters. The number of anilines is 2. The van der Waals surface area contributed by atoms with Crippen LogP contribution in [0.25, 0.3) is 0 Å². The van der Waals surface area contributed by atoms with Crippen LogP contribution in [-0.2, 0) is 16.0 Å². The Balaban J connectivity index is 1.45. The minimum absolute atomic E-state index is 0.124. The van der Waals surface area contributed by atoms with Gasteiger partial charge in [0.25, 0.3) is 0 Å². The Hall–Kier alpha value is -3.22. The number of nitrogens with two attached hydrogens (primary N) is 1. The smallest absolute Gasteiger partial charge is 0.243 e. The SMILES string of the molecule is Cc1ccc(CCC(=O)NCC(=O)Nc2cc3c(cc2N)OCO3)cc1. The lowest BCUT2D eigenvalue weighted by molar-refractivity contribution is -0.124. The summed E-state index contributed by atoms with van der Waals surface area (Å²) >= 11 is 0. The lowest BCUT2D eigenvalue weighted by atomic mass is 10.1. The van der Waals surface area contributed by atoms with Gasteiger partial charge in [-0.15, -0.1) is 0 Å². The van der Waals surface area contributed by atoms with Crippen LogP contribution in [0, 0.1) is 6.92 Å². The third-order valence-corrected chi connectivity index (χ3v) is 4.03. The average Bonchev–Trinajstić information content (AvgIpc) is 3.07. The molecule has 7 heteroatoms. The number of fused-ring (bicyclic) bond motifs is 1. The molecule has 1 aliphatic rings. The monoisotopic (exact) mass is 355 g/mol. The first kappa shape index (κ1) is 17.6. The summed E-state index contributed by atoms with van der Waals surface area (Å²) in [4.78, 5) is 23.9. The number of aryl methyl sites for hydroxylation is 2. The Morgan fingerprint density at radius 1 is 1.08 bits per heavy atom. The van der Waals surface area contributed by atoms with Crippen molar-refractivity contribution in [2.45, 2.75) is 19.8 Å². The lowest BCUT2D eigenvalue weighted by Gasteiger charge is -2.10. The summed E-state index contributed by atoms with van der Waals surface area (Å²) < 4.78 is 10.5. The van der Waals surface area contributed by atoms with Gasteiger partial charge in [-0.05, 0) is 18.9 Å². The van der Waals surface area contributed by atoms with Crippen molar-refractivity contribution < 1.29 is 19.1 Å². The van der Waals surface area contributed by atoms with E-state index in [9.17, 15) is 9.59 Å². The van der Waals surface area contributed by atoms with Crippen LogP contribution in [0.2, 0.25) is 0 Å². The highest BCUT2D eigenvalue weighted by atomic mass is 16.7. The van der Waals surface area contributed by atoms with Gasteiger partial charge in [0.2, 0.25) is 18.6 Å². The zero-order valence-electron chi connectivity index (χ0n) is 14.5. The van der Waals surface area contributed by atoms with Crippen LogP contribution in [-0.4, -0.2) is 25.2 Å². The Kier molecular flexibility index (Phi) is 5.26. The summed E-state index contributed by atoms with van der Waals surface area (Å²) in [5, 5.41) is 5.27. The first-order chi connectivity index (χ1) is 12.5. The number of benzene rings is 2. The Morgan fingerprint density at radius 3 is 2.50 bits per heavy atom. The van der Waals surface area contributed by atoms with Crippen molar-refractivity contribution in [3.05, 3.63) is 47.5 Å². The maximum absolute atomic E-state index is 12.0. The zero-order chi connectivity index (χ0) is 18.5. The van der Waals surface area contributed by atoms with Crippen LogP contribution < -0.4 is 25.8 Å². The molecule has 2 aromatic rings. The standard InChI is InChI=1S/C19H21N3O4/c1-12-2-4-13(5-3-12)6-7-18(23)21-10-19(24)22-15-9-17-16(8-14(15)20)25-11-26-17/h2-5,8-9H,6-7,10-11,20H2,1H3,(H,21,23)(H,22,24). The summed E-state index contributed by atoms with van der Waals surface area (Å²) in [5.41, 5.74) is 8.94. The maximum Gasteiger partial charge on any atom is 0.243 e. The first-order valence-corrected chi connectivity index (χ1v) is 8.32. The van der Waals surface area contributed by atoms with Crippen LogP contribution in [0.4, 0.5) is 11.4 Å². The highest BCUT2D eigenvalue weighted by molar-refractivity contribution is 5.97. The second kappa shape index (κ2) is 7.77. The number of nitrogen functional groups attached to an aromatic ring is 1. The van der Waals surface area contributed by atoms with E-state index in [2.05, 4.69) is 10.6 Å². The third kappa shape index (κ3) is 4.44. The molecule has 3 rings (SSSR count). The van der Waals surface area contributed by atoms with Crippen LogP contribution in [0.15, 0.2) is 36.4 Å². The predicted octanol–water partition coefficient (Wildman–Crippen LogP) is 1.99. The van der Waals surface area contributed by atoms with E-state index in [0.717, 1.165) is 5.56 Å². The Labute approximate surface area is 151 Å². The van der Waals surface area contributed by atoms with Crippen LogP contribution in [0.5, 0.6) is 11.5 Å². The molecule has 0 unspecified atom stereocenters. The molecule has 1 heterocycles. The lowest BCUT2D eigenvalue weighted by Crippen LogP contribution is -2.33. The van der Waals surface area contributed by atoms with E-state index in [1.807, 2.05) is 31.2 Å². The van der Waals surface area contributed by atoms with Crippen LogP contribution >= 0.6 is 0 Å². The molecule has 4 N–H and O–H groups in total. The van der Waals surface area contributed by atoms with E-state index >= 15 is 0 Å². The summed E-state index contributed by atoms with van der Waals surface area (Å²) in [5.74, 6) is 0.528. The van der Waals surface area contributed by atoms with Gasteiger partial charge in [0.1, 0.15) is 0 Å². The number of carbonyl (C=O) groups is 2. The molecule has 2 amide bonds. The molecular weight excluding hydrogens is 334 g/mol. The highest BCUT2D eigenvalue weighted by Crippen LogP contribution is 2.38. The van der Waals surface area contributed by atoms with Gasteiger partial charge in [0, 0.05) is 18.6 Å². The fraction of sp³-hybridized carbons (Fsp3) is 0.263. The van der Waals surface area contributed by atoms with Gasteiger partial charge in [-0.1, -0.05) is 29.8 Å². The van der Waals surface area contributed by atoms with Crippen molar-refractivity contribution in [1.82, 2.24) is 5.32 Å². The van der Waals surface area contributed by atoms with Gasteiger partial charge < -0.3 is 25.8 Å². The highest BCUT2D eigenvalue weighted by Gasteiger charge is 2.17. The Bertz CT molecular complexity index is 818. The second-order valence-corrected chi connectivity index (χ2v) is 6.10. The van der Waals surface area contributed by atoms with Crippen LogP contribution in [0.1, 0.15) is 17.5 Å². The molecule has 1 aliphatic heterocycles. The largest absolute Gasteiger partial charge is 0.454 e. The average molecular weight is 355 g/mol. The first-order valence-electron chi connectivity index (χ1n) is 8.32. The van der Waals surface area contributed by atoms with Gasteiger partial charge in [-0.2, -0.15) is 0 Å². The quantitative estimate of drug-likeness (QED) is 0.688. The number of hydrogen-bond donors (Lipinski definition) is 3. The molecule has 0 saturated heterocycles. The fourth-order valence-corrected chi connectivity index (χ4v) is 2.54. The molecule has 0 aromatic heterocycles. The minimum atomic E-state index is -0.362. The molecule has 7 nitrogen and oxygen atoms in total. The predicted molar refractivity (Wildman–Crippen MR) is 98.1 cm³/mol. The Morgan fingerprint density at radius 2 is 1.77 bits per heavy atom. The van der Waals surface area contributed by atoms with Crippen molar-refractivity contribution in [3.63, 3.8) is 0 Å². The topological polar surface area (TPSA) is 103 Å². The van der Waals surface area contributed by atoms with Crippen molar-refractivity contribution in [1.29, 1.82) is 0 Å². The van der Waals surface area contributed by atoms with Crippen molar-refractivity contribution in [2.75, 3.05) is 24.4 Å². The van der Waals surface area contributed by atoms with E-state index in [1.54, 1.807) is 12.1 Å². The van der Waals surface area contributed by atoms with E-state index in [-0.39, 0.29) is 25.2 Å². The summed E-state index contributed by atoms with van der Waals surface area (Å²) in [6, 6.07) is 11.2. The van der Waals surface area contributed by atoms with Gasteiger partial charge >= 0.3 is 0 Å². The van der Waals surface area contributed by atoms with E-state index < -0.39 is 0 Å². The second-order valence-electron chi connectivity index (χ2n) is 6.10. The number of carbonyl (C=O) groups excluding carboxylic acids is 2. The molecule has 26 heavy (non-hydrogen) atoms. The molecular formula is C19H21N3O4. The summed E-state index contributed by atoms with van der Waals surface area (Å²) in [6.07, 6.45) is 0.950. The molecule has 0 spiro atoms. The maximum atomic E-state index is 12.0. The molecule has 0 bridgehead atoms. The normalized spacial score (nSPS) is 11.9. The number of rotatable bonds is 6. The van der Waals surface area contributed by atoms with E-state index in [1.165, 1.54) is 5.56 Å². The number of hydrogen-bond acceptors (Lipinski definition) is 5. The summed E-state index contributed by atoms with van der Waals surface area (Å²) in [6.45, 7) is 2.02. The molecule has 0 saturated carbocycles. The van der Waals surface area contributed by atoms with Gasteiger partial charge in [-0.25, -0.2) is 0 Å². The molecule has 0 fully saturated rings. The molecule has 0 radical (unpaired) electrons. The third-order valence-electron chi connectivity index (χ3n) is 4.03. The van der Waals surface area contributed by atoms with Crippen molar-refractivity contribution in [2.24, 2.45) is 0 Å². The number of nitrogens with one attached hydrogen (secondary N) is 2. The minimum Gasteiger partial charge on any atom is -0.454 e. The zero-order valence-corrected chi connectivity index (χ0v) is 14.5.